The predicted octanol–water partition coefficient (Wildman–Crippen LogP) is 2.09. The maximum Gasteiger partial charge on any atom is 0.224 e. The Balaban J connectivity index is 1.80. The maximum atomic E-state index is 12.1. The SMILES string of the molecule is CC(CCC(=O)Nc1ccc2c(c1)C=CC(O)O2)CNS(=O)(=O)C(C)C. The molecule has 0 aliphatic carbocycles. The number of fused-ring (bicyclic) bond motifs is 1. The lowest BCUT2D eigenvalue weighted by atomic mass is 10.1. The fourth-order valence-corrected chi connectivity index (χ4v) is 3.20. The van der Waals surface area contributed by atoms with Crippen molar-refractivity contribution in [2.45, 2.75) is 45.2 Å². The zero-order valence-corrected chi connectivity index (χ0v) is 16.0. The first-order valence-electron chi connectivity index (χ1n) is 8.62. The first kappa shape index (κ1) is 20.4. The highest BCUT2D eigenvalue weighted by Crippen LogP contribution is 2.28. The third-order valence-corrected chi connectivity index (χ3v) is 5.91. The number of sulfonamides is 1. The van der Waals surface area contributed by atoms with Gasteiger partial charge in [-0.3, -0.25) is 4.79 Å². The standard InChI is InChI=1S/C18H26N2O5S/c1-12(2)26(23,24)19-11-13(3)4-8-17(21)20-15-6-7-16-14(10-15)5-9-18(22)25-16/h5-7,9-10,12-13,18-19,22H,4,8,11H2,1-3H3,(H,20,21). The molecule has 144 valence electrons. The summed E-state index contributed by atoms with van der Waals surface area (Å²) < 4.78 is 31.3. The summed E-state index contributed by atoms with van der Waals surface area (Å²) in [6, 6.07) is 5.18. The van der Waals surface area contributed by atoms with Gasteiger partial charge in [-0.05, 0) is 56.5 Å². The average molecular weight is 382 g/mol. The highest BCUT2D eigenvalue weighted by atomic mass is 32.2. The molecular weight excluding hydrogens is 356 g/mol. The third kappa shape index (κ3) is 5.82. The Morgan fingerprint density at radius 2 is 2.04 bits per heavy atom. The summed E-state index contributed by atoms with van der Waals surface area (Å²) in [4.78, 5) is 12.1. The van der Waals surface area contributed by atoms with Crippen LogP contribution in [-0.2, 0) is 14.8 Å². The van der Waals surface area contributed by atoms with Crippen LogP contribution in [0.3, 0.4) is 0 Å². The van der Waals surface area contributed by atoms with Crippen molar-refractivity contribution in [3.8, 4) is 5.75 Å². The molecule has 1 aromatic rings. The molecule has 1 aliphatic heterocycles. The van der Waals surface area contributed by atoms with E-state index in [1.165, 1.54) is 6.08 Å². The second kappa shape index (κ2) is 8.66. The fraction of sp³-hybridized carbons (Fsp3) is 0.500. The number of hydrogen-bond donors (Lipinski definition) is 3. The Bertz CT molecular complexity index is 774. The highest BCUT2D eigenvalue weighted by Gasteiger charge is 2.17. The number of benzene rings is 1. The van der Waals surface area contributed by atoms with Crippen molar-refractivity contribution in [1.82, 2.24) is 4.72 Å². The van der Waals surface area contributed by atoms with E-state index in [1.807, 2.05) is 6.92 Å². The van der Waals surface area contributed by atoms with Crippen LogP contribution in [0.4, 0.5) is 5.69 Å². The Labute approximate surface area is 154 Å². The quantitative estimate of drug-likeness (QED) is 0.639. The molecule has 0 bridgehead atoms. The summed E-state index contributed by atoms with van der Waals surface area (Å²) in [6.45, 7) is 5.47. The number of carbonyl (C=O) groups excluding carboxylic acids is 1. The topological polar surface area (TPSA) is 105 Å². The van der Waals surface area contributed by atoms with Gasteiger partial charge in [0.25, 0.3) is 0 Å². The van der Waals surface area contributed by atoms with E-state index >= 15 is 0 Å². The lowest BCUT2D eigenvalue weighted by Crippen LogP contribution is -2.34. The molecule has 0 fully saturated rings. The van der Waals surface area contributed by atoms with Gasteiger partial charge in [0.15, 0.2) is 0 Å². The number of aliphatic hydroxyl groups excluding tert-OH is 1. The van der Waals surface area contributed by atoms with Gasteiger partial charge >= 0.3 is 0 Å². The van der Waals surface area contributed by atoms with Gasteiger partial charge in [-0.25, -0.2) is 13.1 Å². The van der Waals surface area contributed by atoms with E-state index in [-0.39, 0.29) is 11.8 Å². The minimum Gasteiger partial charge on any atom is -0.461 e. The molecule has 0 spiro atoms. The number of nitrogens with one attached hydrogen (secondary N) is 2. The Morgan fingerprint density at radius 3 is 2.73 bits per heavy atom. The summed E-state index contributed by atoms with van der Waals surface area (Å²) in [5.41, 5.74) is 1.43. The van der Waals surface area contributed by atoms with Crippen LogP contribution in [0.15, 0.2) is 24.3 Å². The van der Waals surface area contributed by atoms with Gasteiger partial charge in [-0.2, -0.15) is 0 Å². The molecule has 8 heteroatoms. The Kier molecular flexibility index (Phi) is 6.80. The summed E-state index contributed by atoms with van der Waals surface area (Å²) in [5.74, 6) is 0.476. The lowest BCUT2D eigenvalue weighted by molar-refractivity contribution is -0.116. The van der Waals surface area contributed by atoms with Crippen LogP contribution >= 0.6 is 0 Å². The molecule has 0 saturated carbocycles. The van der Waals surface area contributed by atoms with Gasteiger partial charge in [0, 0.05) is 24.2 Å². The lowest BCUT2D eigenvalue weighted by Gasteiger charge is -2.18. The van der Waals surface area contributed by atoms with E-state index in [2.05, 4.69) is 10.0 Å². The van der Waals surface area contributed by atoms with Gasteiger partial charge in [0.05, 0.1) is 5.25 Å². The normalized spacial score (nSPS) is 17.5. The van der Waals surface area contributed by atoms with E-state index < -0.39 is 21.6 Å². The maximum absolute atomic E-state index is 12.1. The molecular formula is C18H26N2O5S. The van der Waals surface area contributed by atoms with Crippen LogP contribution in [0.2, 0.25) is 0 Å². The minimum absolute atomic E-state index is 0.0515. The molecule has 2 rings (SSSR count). The second-order valence-corrected chi connectivity index (χ2v) is 9.08. The molecule has 26 heavy (non-hydrogen) atoms. The van der Waals surface area contributed by atoms with Crippen LogP contribution in [0, 0.1) is 5.92 Å². The molecule has 0 radical (unpaired) electrons. The number of amides is 1. The molecule has 0 aromatic heterocycles. The summed E-state index contributed by atoms with van der Waals surface area (Å²) in [6.07, 6.45) is 3.19. The molecule has 7 nitrogen and oxygen atoms in total. The van der Waals surface area contributed by atoms with Crippen molar-refractivity contribution in [2.24, 2.45) is 5.92 Å². The molecule has 2 unspecified atom stereocenters. The van der Waals surface area contributed by atoms with Crippen molar-refractivity contribution in [1.29, 1.82) is 0 Å². The molecule has 0 saturated heterocycles. The summed E-state index contributed by atoms with van der Waals surface area (Å²) in [7, 11) is -3.28. The fourth-order valence-electron chi connectivity index (χ4n) is 2.35. The molecule has 1 aromatic carbocycles. The van der Waals surface area contributed by atoms with Crippen molar-refractivity contribution in [3.63, 3.8) is 0 Å². The van der Waals surface area contributed by atoms with E-state index in [9.17, 15) is 18.3 Å². The first-order valence-corrected chi connectivity index (χ1v) is 10.2. The number of anilines is 1. The van der Waals surface area contributed by atoms with E-state index in [4.69, 9.17) is 4.74 Å². The van der Waals surface area contributed by atoms with Crippen LogP contribution in [-0.4, -0.2) is 37.5 Å². The van der Waals surface area contributed by atoms with Gasteiger partial charge in [-0.1, -0.05) is 6.92 Å². The zero-order chi connectivity index (χ0) is 19.3. The zero-order valence-electron chi connectivity index (χ0n) is 15.2. The average Bonchev–Trinajstić information content (AvgIpc) is 2.58. The molecule has 1 heterocycles. The molecule has 1 amide bonds. The minimum atomic E-state index is -3.28. The predicted molar refractivity (Wildman–Crippen MR) is 101 cm³/mol. The number of hydrogen-bond acceptors (Lipinski definition) is 5. The van der Waals surface area contributed by atoms with E-state index in [0.717, 1.165) is 5.56 Å². The van der Waals surface area contributed by atoms with Crippen molar-refractivity contribution in [2.75, 3.05) is 11.9 Å². The summed E-state index contributed by atoms with van der Waals surface area (Å²) in [5, 5.41) is 11.7. The van der Waals surface area contributed by atoms with Crippen molar-refractivity contribution in [3.05, 3.63) is 29.8 Å². The van der Waals surface area contributed by atoms with Crippen LogP contribution < -0.4 is 14.8 Å². The molecule has 1 aliphatic rings. The first-order chi connectivity index (χ1) is 12.2. The smallest absolute Gasteiger partial charge is 0.224 e. The Hall–Kier alpha value is -1.90. The summed E-state index contributed by atoms with van der Waals surface area (Å²) >= 11 is 0. The molecule has 2 atom stereocenters. The van der Waals surface area contributed by atoms with Crippen molar-refractivity contribution < 1.29 is 23.1 Å². The number of rotatable bonds is 8. The van der Waals surface area contributed by atoms with E-state index in [1.54, 1.807) is 38.1 Å². The number of aliphatic hydroxyl groups is 1. The third-order valence-electron chi connectivity index (χ3n) is 4.10. The van der Waals surface area contributed by atoms with E-state index in [0.29, 0.717) is 30.8 Å². The van der Waals surface area contributed by atoms with Crippen LogP contribution in [0.5, 0.6) is 5.75 Å². The Morgan fingerprint density at radius 1 is 1.31 bits per heavy atom. The molecule has 3 N–H and O–H groups in total. The van der Waals surface area contributed by atoms with Crippen LogP contribution in [0.25, 0.3) is 6.08 Å². The van der Waals surface area contributed by atoms with Gasteiger partial charge in [-0.15, -0.1) is 0 Å². The van der Waals surface area contributed by atoms with Gasteiger partial charge < -0.3 is 15.2 Å². The largest absolute Gasteiger partial charge is 0.461 e. The van der Waals surface area contributed by atoms with Crippen molar-refractivity contribution >= 4 is 27.7 Å². The number of ether oxygens (including phenoxy) is 1. The van der Waals surface area contributed by atoms with Gasteiger partial charge in [0.2, 0.25) is 22.2 Å². The second-order valence-electron chi connectivity index (χ2n) is 6.75. The van der Waals surface area contributed by atoms with Gasteiger partial charge in [0.1, 0.15) is 5.75 Å². The monoisotopic (exact) mass is 382 g/mol. The highest BCUT2D eigenvalue weighted by molar-refractivity contribution is 7.90. The number of carbonyl (C=O) groups is 1. The van der Waals surface area contributed by atoms with Crippen LogP contribution in [0.1, 0.15) is 39.2 Å².